The lowest BCUT2D eigenvalue weighted by Crippen LogP contribution is -2.59. The first kappa shape index (κ1) is 12.9. The second kappa shape index (κ2) is 4.19. The van der Waals surface area contributed by atoms with Gasteiger partial charge in [-0.05, 0) is 51.5 Å². The van der Waals surface area contributed by atoms with E-state index in [0.29, 0.717) is 5.41 Å². The summed E-state index contributed by atoms with van der Waals surface area (Å²) in [5.74, 6) is 0. The highest BCUT2D eigenvalue weighted by atomic mass is 15.3. The molecule has 0 radical (unpaired) electrons. The Hall–Kier alpha value is -0.120. The van der Waals surface area contributed by atoms with E-state index in [1.165, 1.54) is 45.2 Å². The van der Waals surface area contributed by atoms with Crippen LogP contribution in [0.2, 0.25) is 0 Å². The van der Waals surface area contributed by atoms with Gasteiger partial charge in [0, 0.05) is 37.3 Å². The van der Waals surface area contributed by atoms with Crippen LogP contribution in [0.15, 0.2) is 0 Å². The first-order valence-corrected chi connectivity index (χ1v) is 7.67. The molecule has 0 amide bonds. The van der Waals surface area contributed by atoms with Crippen LogP contribution in [-0.2, 0) is 0 Å². The molecule has 3 heteroatoms. The molecule has 18 heavy (non-hydrogen) atoms. The molecule has 0 aromatic heterocycles. The Morgan fingerprint density at radius 2 is 1.89 bits per heavy atom. The summed E-state index contributed by atoms with van der Waals surface area (Å²) in [5.41, 5.74) is 6.89. The molecule has 2 heterocycles. The van der Waals surface area contributed by atoms with Crippen LogP contribution in [0.4, 0.5) is 0 Å². The Bertz CT molecular complexity index is 326. The predicted octanol–water partition coefficient (Wildman–Crippen LogP) is 1.67. The average molecular weight is 251 g/mol. The number of hydrogen-bond donors (Lipinski definition) is 1. The van der Waals surface area contributed by atoms with Crippen LogP contribution in [0, 0.1) is 5.41 Å². The van der Waals surface area contributed by atoms with Crippen molar-refractivity contribution in [1.29, 1.82) is 0 Å². The van der Waals surface area contributed by atoms with Crippen LogP contribution < -0.4 is 5.73 Å². The van der Waals surface area contributed by atoms with Gasteiger partial charge in [0.1, 0.15) is 0 Å². The van der Waals surface area contributed by atoms with Gasteiger partial charge in [0.2, 0.25) is 0 Å². The molecule has 1 aliphatic carbocycles. The zero-order valence-electron chi connectivity index (χ0n) is 12.3. The van der Waals surface area contributed by atoms with E-state index >= 15 is 0 Å². The van der Waals surface area contributed by atoms with Crippen molar-refractivity contribution in [2.75, 3.05) is 26.7 Å². The molecule has 3 atom stereocenters. The predicted molar refractivity (Wildman–Crippen MR) is 75.6 cm³/mol. The highest BCUT2D eigenvalue weighted by Gasteiger charge is 2.56. The summed E-state index contributed by atoms with van der Waals surface area (Å²) in [4.78, 5) is 5.37. The van der Waals surface area contributed by atoms with E-state index in [1.54, 1.807) is 0 Å². The molecule has 2 N–H and O–H groups in total. The molecule has 3 rings (SSSR count). The van der Waals surface area contributed by atoms with Gasteiger partial charge in [0.05, 0.1) is 0 Å². The topological polar surface area (TPSA) is 32.5 Å². The van der Waals surface area contributed by atoms with Gasteiger partial charge in [0.25, 0.3) is 0 Å². The molecule has 2 bridgehead atoms. The second-order valence-corrected chi connectivity index (χ2v) is 7.32. The van der Waals surface area contributed by atoms with Crippen LogP contribution in [0.5, 0.6) is 0 Å². The first-order chi connectivity index (χ1) is 8.50. The summed E-state index contributed by atoms with van der Waals surface area (Å²) in [6, 6.07) is 1.60. The third-order valence-electron chi connectivity index (χ3n) is 6.54. The monoisotopic (exact) mass is 251 g/mol. The maximum Gasteiger partial charge on any atom is 0.0357 e. The number of fused-ring (bicyclic) bond motifs is 2. The largest absolute Gasteiger partial charge is 0.329 e. The lowest BCUT2D eigenvalue weighted by molar-refractivity contribution is 0.0398. The zero-order valence-corrected chi connectivity index (χ0v) is 12.3. The van der Waals surface area contributed by atoms with Gasteiger partial charge in [-0.15, -0.1) is 0 Å². The number of hydrogen-bond acceptors (Lipinski definition) is 3. The third kappa shape index (κ3) is 1.75. The van der Waals surface area contributed by atoms with E-state index in [-0.39, 0.29) is 5.54 Å². The van der Waals surface area contributed by atoms with Crippen molar-refractivity contribution < 1.29 is 0 Å². The van der Waals surface area contributed by atoms with Crippen molar-refractivity contribution in [1.82, 2.24) is 9.80 Å². The minimum Gasteiger partial charge on any atom is -0.329 e. The first-order valence-electron chi connectivity index (χ1n) is 7.67. The SMILES string of the molecule is CN1C2CCC1CN(C(C)(CN)C1(C)CC1)CC2. The quantitative estimate of drug-likeness (QED) is 0.828. The molecule has 2 saturated heterocycles. The summed E-state index contributed by atoms with van der Waals surface area (Å²) in [6.07, 6.45) is 6.85. The Kier molecular flexibility index (Phi) is 3.00. The van der Waals surface area contributed by atoms with E-state index in [1.807, 2.05) is 0 Å². The Morgan fingerprint density at radius 3 is 2.50 bits per heavy atom. The lowest BCUT2D eigenvalue weighted by Gasteiger charge is -2.46. The molecule has 0 spiro atoms. The molecule has 3 aliphatic rings. The number of nitrogens with zero attached hydrogens (tertiary/aromatic N) is 2. The highest BCUT2D eigenvalue weighted by Crippen LogP contribution is 2.56. The summed E-state index contributed by atoms with van der Waals surface area (Å²) < 4.78 is 0. The van der Waals surface area contributed by atoms with E-state index in [2.05, 4.69) is 30.7 Å². The van der Waals surface area contributed by atoms with E-state index in [9.17, 15) is 0 Å². The molecular weight excluding hydrogens is 222 g/mol. The molecule has 1 saturated carbocycles. The molecular formula is C15H29N3. The van der Waals surface area contributed by atoms with E-state index in [4.69, 9.17) is 5.73 Å². The van der Waals surface area contributed by atoms with Crippen LogP contribution >= 0.6 is 0 Å². The van der Waals surface area contributed by atoms with Crippen molar-refractivity contribution in [3.8, 4) is 0 Å². The fourth-order valence-corrected chi connectivity index (χ4v) is 4.24. The van der Waals surface area contributed by atoms with E-state index < -0.39 is 0 Å². The van der Waals surface area contributed by atoms with Gasteiger partial charge < -0.3 is 5.73 Å². The summed E-state index contributed by atoms with van der Waals surface area (Å²) in [6.45, 7) is 8.14. The molecule has 3 fully saturated rings. The van der Waals surface area contributed by atoms with Crippen LogP contribution in [0.25, 0.3) is 0 Å². The minimum atomic E-state index is 0.221. The van der Waals surface area contributed by atoms with Crippen molar-refractivity contribution in [3.05, 3.63) is 0 Å². The lowest BCUT2D eigenvalue weighted by atomic mass is 9.81. The van der Waals surface area contributed by atoms with Crippen LogP contribution in [0.3, 0.4) is 0 Å². The van der Waals surface area contributed by atoms with Gasteiger partial charge >= 0.3 is 0 Å². The fourth-order valence-electron chi connectivity index (χ4n) is 4.24. The summed E-state index contributed by atoms with van der Waals surface area (Å²) in [5, 5.41) is 0. The number of likely N-dealkylation sites (N-methyl/N-ethyl adjacent to an activating group) is 1. The second-order valence-electron chi connectivity index (χ2n) is 7.32. The van der Waals surface area contributed by atoms with Crippen LogP contribution in [0.1, 0.15) is 46.0 Å². The van der Waals surface area contributed by atoms with Crippen molar-refractivity contribution in [2.45, 2.75) is 63.6 Å². The smallest absolute Gasteiger partial charge is 0.0357 e. The average Bonchev–Trinajstić information content (AvgIpc) is 3.02. The van der Waals surface area contributed by atoms with Gasteiger partial charge in [-0.25, -0.2) is 0 Å². The Labute approximate surface area is 112 Å². The van der Waals surface area contributed by atoms with Crippen molar-refractivity contribution >= 4 is 0 Å². The minimum absolute atomic E-state index is 0.221. The maximum absolute atomic E-state index is 6.19. The van der Waals surface area contributed by atoms with Gasteiger partial charge in [-0.2, -0.15) is 0 Å². The van der Waals surface area contributed by atoms with Gasteiger partial charge in [-0.1, -0.05) is 6.92 Å². The van der Waals surface area contributed by atoms with E-state index in [0.717, 1.165) is 18.6 Å². The number of likely N-dealkylation sites (tertiary alicyclic amines) is 1. The number of rotatable bonds is 3. The standard InChI is InChI=1S/C15H29N3/c1-14(7-8-14)15(2,11-16)18-9-6-12-4-5-13(10-18)17(12)3/h12-13H,4-11,16H2,1-3H3. The zero-order chi connectivity index (χ0) is 13.0. The van der Waals surface area contributed by atoms with Crippen molar-refractivity contribution in [3.63, 3.8) is 0 Å². The Morgan fingerprint density at radius 1 is 1.22 bits per heavy atom. The number of nitrogens with two attached hydrogens (primary N) is 1. The molecule has 104 valence electrons. The summed E-state index contributed by atoms with van der Waals surface area (Å²) >= 11 is 0. The van der Waals surface area contributed by atoms with Gasteiger partial charge in [0.15, 0.2) is 0 Å². The Balaban J connectivity index is 1.80. The third-order valence-corrected chi connectivity index (χ3v) is 6.54. The summed E-state index contributed by atoms with van der Waals surface area (Å²) in [7, 11) is 2.32. The molecule has 3 unspecified atom stereocenters. The maximum atomic E-state index is 6.19. The highest BCUT2D eigenvalue weighted by molar-refractivity contribution is 5.11. The fraction of sp³-hybridized carbons (Fsp3) is 1.00. The van der Waals surface area contributed by atoms with Gasteiger partial charge in [-0.3, -0.25) is 9.80 Å². The molecule has 2 aliphatic heterocycles. The molecule has 0 aromatic rings. The molecule has 3 nitrogen and oxygen atoms in total. The molecule has 0 aromatic carbocycles. The normalized spacial score (nSPS) is 39.3. The van der Waals surface area contributed by atoms with Crippen LogP contribution in [-0.4, -0.2) is 54.1 Å². The van der Waals surface area contributed by atoms with Crippen molar-refractivity contribution in [2.24, 2.45) is 11.1 Å².